The highest BCUT2D eigenvalue weighted by molar-refractivity contribution is 7.91. The van der Waals surface area contributed by atoms with Crippen LogP contribution in [0.3, 0.4) is 0 Å². The Hall–Kier alpha value is -2.63. The Morgan fingerprint density at radius 3 is 2.35 bits per heavy atom. The summed E-state index contributed by atoms with van der Waals surface area (Å²) in [7, 11) is -3.05. The van der Waals surface area contributed by atoms with E-state index in [-0.39, 0.29) is 47.6 Å². The first-order chi connectivity index (χ1) is 16.2. The van der Waals surface area contributed by atoms with Gasteiger partial charge >= 0.3 is 0 Å². The van der Waals surface area contributed by atoms with Crippen molar-refractivity contribution in [2.45, 2.75) is 56.8 Å². The first-order valence-electron chi connectivity index (χ1n) is 11.7. The maximum absolute atomic E-state index is 13.2. The molecule has 0 aromatic heterocycles. The van der Waals surface area contributed by atoms with E-state index < -0.39 is 39.5 Å². The molecule has 3 saturated heterocycles. The molecule has 0 spiro atoms. The van der Waals surface area contributed by atoms with Gasteiger partial charge in [-0.2, -0.15) is 0 Å². The van der Waals surface area contributed by atoms with Gasteiger partial charge in [-0.05, 0) is 56.5 Å². The van der Waals surface area contributed by atoms with E-state index in [1.807, 2.05) is 0 Å². The number of carbonyl (C=O) groups is 4. The lowest BCUT2D eigenvalue weighted by Crippen LogP contribution is -2.54. The molecule has 4 amide bonds. The molecular formula is C23H28N4O6S. The molecule has 4 aliphatic heterocycles. The van der Waals surface area contributed by atoms with E-state index >= 15 is 0 Å². The number of nitrogens with one attached hydrogen (secondary N) is 2. The van der Waals surface area contributed by atoms with Crippen LogP contribution in [0, 0.1) is 0 Å². The average Bonchev–Trinajstić information content (AvgIpc) is 3.29. The zero-order valence-electron chi connectivity index (χ0n) is 18.8. The van der Waals surface area contributed by atoms with Crippen molar-refractivity contribution in [3.8, 4) is 0 Å². The Kier molecular flexibility index (Phi) is 6.03. The molecule has 34 heavy (non-hydrogen) atoms. The van der Waals surface area contributed by atoms with Gasteiger partial charge in [0.2, 0.25) is 11.8 Å². The molecule has 4 aliphatic rings. The number of nitrogens with zero attached hydrogens (tertiary/aromatic N) is 2. The number of sulfone groups is 1. The first-order valence-corrected chi connectivity index (χ1v) is 13.6. The van der Waals surface area contributed by atoms with Crippen LogP contribution >= 0.6 is 0 Å². The zero-order valence-corrected chi connectivity index (χ0v) is 19.6. The molecule has 0 radical (unpaired) electrons. The van der Waals surface area contributed by atoms with Crippen molar-refractivity contribution in [1.29, 1.82) is 0 Å². The van der Waals surface area contributed by atoms with Gasteiger partial charge in [0.25, 0.3) is 11.8 Å². The second-order valence-corrected chi connectivity index (χ2v) is 11.8. The molecule has 2 unspecified atom stereocenters. The van der Waals surface area contributed by atoms with E-state index in [0.717, 1.165) is 36.4 Å². The lowest BCUT2D eigenvalue weighted by atomic mass is 9.99. The fourth-order valence-corrected chi connectivity index (χ4v) is 7.30. The maximum atomic E-state index is 13.2. The van der Waals surface area contributed by atoms with Crippen LogP contribution < -0.4 is 10.6 Å². The third kappa shape index (κ3) is 4.27. The first kappa shape index (κ1) is 23.1. The number of piperidine rings is 2. The van der Waals surface area contributed by atoms with Crippen molar-refractivity contribution >= 4 is 33.5 Å². The molecule has 11 heteroatoms. The van der Waals surface area contributed by atoms with Gasteiger partial charge in [0.1, 0.15) is 6.04 Å². The van der Waals surface area contributed by atoms with Crippen LogP contribution in [0.5, 0.6) is 0 Å². The van der Waals surface area contributed by atoms with Crippen molar-refractivity contribution in [2.24, 2.45) is 0 Å². The van der Waals surface area contributed by atoms with Gasteiger partial charge in [0.05, 0.1) is 22.6 Å². The van der Waals surface area contributed by atoms with Gasteiger partial charge < -0.3 is 5.32 Å². The summed E-state index contributed by atoms with van der Waals surface area (Å²) in [4.78, 5) is 53.1. The number of hydrogen-bond acceptors (Lipinski definition) is 8. The molecule has 0 aliphatic carbocycles. The highest BCUT2D eigenvalue weighted by atomic mass is 32.2. The van der Waals surface area contributed by atoms with E-state index in [1.54, 1.807) is 18.2 Å². The SMILES string of the molecule is O=C1CCC(N2C(=O)c3ccc(CN(C4CCNCC4)C4CCS(=O)(=O)C4)cc3C2=O)C(=O)N1. The molecule has 0 saturated carbocycles. The van der Waals surface area contributed by atoms with Crippen molar-refractivity contribution in [3.05, 3.63) is 34.9 Å². The minimum atomic E-state index is -3.05. The van der Waals surface area contributed by atoms with Crippen LogP contribution in [-0.4, -0.2) is 84.6 Å². The molecule has 4 heterocycles. The number of rotatable bonds is 5. The monoisotopic (exact) mass is 488 g/mol. The number of amides is 4. The topological polar surface area (TPSA) is 133 Å². The zero-order chi connectivity index (χ0) is 24.0. The van der Waals surface area contributed by atoms with Gasteiger partial charge in [0.15, 0.2) is 9.84 Å². The Bertz CT molecular complexity index is 1160. The quantitative estimate of drug-likeness (QED) is 0.546. The highest BCUT2D eigenvalue weighted by Gasteiger charge is 2.45. The summed E-state index contributed by atoms with van der Waals surface area (Å²) < 4.78 is 24.3. The van der Waals surface area contributed by atoms with Crippen LogP contribution in [0.25, 0.3) is 0 Å². The van der Waals surface area contributed by atoms with Crippen molar-refractivity contribution in [3.63, 3.8) is 0 Å². The molecule has 1 aromatic rings. The summed E-state index contributed by atoms with van der Waals surface area (Å²) in [6, 6.07) is 4.28. The number of imide groups is 2. The summed E-state index contributed by atoms with van der Waals surface area (Å²) >= 11 is 0. The highest BCUT2D eigenvalue weighted by Crippen LogP contribution is 2.30. The van der Waals surface area contributed by atoms with Gasteiger partial charge in [0, 0.05) is 25.0 Å². The Morgan fingerprint density at radius 1 is 0.941 bits per heavy atom. The number of hydrogen-bond donors (Lipinski definition) is 2. The third-order valence-corrected chi connectivity index (χ3v) is 9.07. The van der Waals surface area contributed by atoms with Crippen molar-refractivity contribution < 1.29 is 27.6 Å². The molecule has 2 N–H and O–H groups in total. The minimum absolute atomic E-state index is 0.0707. The smallest absolute Gasteiger partial charge is 0.262 e. The number of carbonyl (C=O) groups excluding carboxylic acids is 4. The number of fused-ring (bicyclic) bond motifs is 1. The third-order valence-electron chi connectivity index (χ3n) is 7.32. The largest absolute Gasteiger partial charge is 0.317 e. The summed E-state index contributed by atoms with van der Waals surface area (Å²) in [5, 5.41) is 5.54. The van der Waals surface area contributed by atoms with Gasteiger partial charge in [-0.1, -0.05) is 6.07 Å². The lowest BCUT2D eigenvalue weighted by Gasteiger charge is -2.38. The second kappa shape index (κ2) is 8.86. The fraction of sp³-hybridized carbons (Fsp3) is 0.565. The van der Waals surface area contributed by atoms with E-state index in [9.17, 15) is 27.6 Å². The molecule has 2 atom stereocenters. The fourth-order valence-electron chi connectivity index (χ4n) is 5.56. The Balaban J connectivity index is 1.39. The average molecular weight is 489 g/mol. The van der Waals surface area contributed by atoms with E-state index in [0.29, 0.717) is 13.0 Å². The van der Waals surface area contributed by atoms with Gasteiger partial charge in [-0.3, -0.25) is 34.3 Å². The standard InChI is InChI=1S/C23H28N4O6S/c28-20-4-3-19(21(29)25-20)27-22(30)17-2-1-14(11-18(17)23(27)31)12-26(15-5-8-24-9-6-15)16-7-10-34(32,33)13-16/h1-2,11,15-16,19,24H,3-10,12-13H2,(H,25,28,29). The second-order valence-electron chi connectivity index (χ2n) is 9.54. The van der Waals surface area contributed by atoms with Crippen LogP contribution in [0.1, 0.15) is 58.4 Å². The Labute approximate surface area is 198 Å². The number of benzene rings is 1. The van der Waals surface area contributed by atoms with E-state index in [1.165, 1.54) is 0 Å². The molecular weight excluding hydrogens is 460 g/mol. The van der Waals surface area contributed by atoms with Crippen LogP contribution in [0.15, 0.2) is 18.2 Å². The van der Waals surface area contributed by atoms with Crippen LogP contribution in [0.2, 0.25) is 0 Å². The molecule has 3 fully saturated rings. The molecule has 10 nitrogen and oxygen atoms in total. The summed E-state index contributed by atoms with van der Waals surface area (Å²) in [5.41, 5.74) is 1.32. The maximum Gasteiger partial charge on any atom is 0.262 e. The molecule has 0 bridgehead atoms. The van der Waals surface area contributed by atoms with E-state index in [2.05, 4.69) is 15.5 Å². The summed E-state index contributed by atoms with van der Waals surface area (Å²) in [5.74, 6) is -1.77. The van der Waals surface area contributed by atoms with Gasteiger partial charge in [-0.15, -0.1) is 0 Å². The molecule has 5 rings (SSSR count). The normalized spacial score (nSPS) is 27.4. The predicted octanol–water partition coefficient (Wildman–Crippen LogP) is -0.171. The minimum Gasteiger partial charge on any atom is -0.317 e. The predicted molar refractivity (Wildman–Crippen MR) is 122 cm³/mol. The van der Waals surface area contributed by atoms with E-state index in [4.69, 9.17) is 0 Å². The summed E-state index contributed by atoms with van der Waals surface area (Å²) in [6.45, 7) is 2.23. The van der Waals surface area contributed by atoms with Crippen LogP contribution in [0.4, 0.5) is 0 Å². The van der Waals surface area contributed by atoms with Gasteiger partial charge in [-0.25, -0.2) is 8.42 Å². The van der Waals surface area contributed by atoms with Crippen LogP contribution in [-0.2, 0) is 26.0 Å². The lowest BCUT2D eigenvalue weighted by molar-refractivity contribution is -0.136. The summed E-state index contributed by atoms with van der Waals surface area (Å²) in [6.07, 6.45) is 2.62. The molecule has 182 valence electrons. The van der Waals surface area contributed by atoms with Crippen molar-refractivity contribution in [1.82, 2.24) is 20.4 Å². The Morgan fingerprint density at radius 2 is 1.68 bits per heavy atom. The molecule has 1 aromatic carbocycles. The van der Waals surface area contributed by atoms with Crippen molar-refractivity contribution in [2.75, 3.05) is 24.6 Å².